The second-order valence-corrected chi connectivity index (χ2v) is 6.09. The molecule has 0 aromatic heterocycles. The summed E-state index contributed by atoms with van der Waals surface area (Å²) in [6.07, 6.45) is 0. The highest BCUT2D eigenvalue weighted by Gasteiger charge is 2.15. The normalized spacial score (nSPS) is 10.1. The molecular weight excluding hydrogens is 314 g/mol. The minimum absolute atomic E-state index is 1.43. The van der Waals surface area contributed by atoms with Gasteiger partial charge in [0.25, 0.3) is 0 Å². The molecule has 0 aromatic rings. The van der Waals surface area contributed by atoms with Gasteiger partial charge in [-0.3, -0.25) is 9.11 Å². The zero-order valence-corrected chi connectivity index (χ0v) is 14.2. The molecule has 0 amide bonds. The maximum atomic E-state index is 9.44. The Morgan fingerprint density at radius 2 is 0.950 bits per heavy atom. The molecule has 12 heteroatoms. The van der Waals surface area contributed by atoms with Crippen LogP contribution >= 0.6 is 0 Å². The molecule has 0 unspecified atom stereocenters. The van der Waals surface area contributed by atoms with Crippen molar-refractivity contribution in [3.63, 3.8) is 0 Å². The van der Waals surface area contributed by atoms with Crippen molar-refractivity contribution >= 4 is 20.8 Å². The van der Waals surface area contributed by atoms with Gasteiger partial charge in [-0.05, 0) is 42.3 Å². The molecule has 0 saturated carbocycles. The fourth-order valence-electron chi connectivity index (χ4n) is 0.109. The van der Waals surface area contributed by atoms with Gasteiger partial charge in [-0.1, -0.05) is 0 Å². The lowest BCUT2D eigenvalue weighted by atomic mass is 11.0. The Hall–Kier alpha value is -0.810. The molecule has 0 aromatic carbocycles. The molecule has 0 rings (SSSR count). The fraction of sp³-hybridized carbons (Fsp3) is 0.875. The van der Waals surface area contributed by atoms with Gasteiger partial charge in [-0.25, -0.2) is 0 Å². The smallest absolute Gasteiger partial charge is 0.312 e. The number of hydrogen-bond donors (Lipinski definition) is 2. The summed E-state index contributed by atoms with van der Waals surface area (Å²) in [6.45, 7) is 1.43. The summed E-state index contributed by atoms with van der Waals surface area (Å²) < 4.78 is 55.6. The molecule has 0 bridgehead atoms. The summed E-state index contributed by atoms with van der Waals surface area (Å²) in [6, 6.07) is 1.75. The van der Waals surface area contributed by atoms with Crippen molar-refractivity contribution < 1.29 is 29.6 Å². The molecule has 20 heavy (non-hydrogen) atoms. The fourth-order valence-corrected chi connectivity index (χ4v) is 0.978. The lowest BCUT2D eigenvalue weighted by molar-refractivity contribution is 0.344. The van der Waals surface area contributed by atoms with Gasteiger partial charge >= 0.3 is 20.8 Å². The van der Waals surface area contributed by atoms with Crippen LogP contribution in [0, 0.1) is 11.3 Å². The van der Waals surface area contributed by atoms with Gasteiger partial charge in [0.2, 0.25) is 0 Å². The molecule has 0 heterocycles. The van der Waals surface area contributed by atoms with Gasteiger partial charge in [-0.2, -0.15) is 22.1 Å². The van der Waals surface area contributed by atoms with E-state index in [4.69, 9.17) is 14.4 Å². The lowest BCUT2D eigenvalue weighted by Gasteiger charge is -1.90. The molecule has 0 aliphatic rings. The maximum absolute atomic E-state index is 9.44. The molecule has 0 fully saturated rings. The largest absolute Gasteiger partial charge is 0.413 e. The molecule has 10 nitrogen and oxygen atoms in total. The van der Waals surface area contributed by atoms with Gasteiger partial charge in [0, 0.05) is 6.92 Å². The monoisotopic (exact) mass is 337 g/mol. The molecule has 0 aliphatic carbocycles. The third-order valence-electron chi connectivity index (χ3n) is 0.172. The van der Waals surface area contributed by atoms with E-state index in [1.54, 1.807) is 6.07 Å². The van der Waals surface area contributed by atoms with Crippen molar-refractivity contribution in [2.24, 2.45) is 0 Å². The van der Waals surface area contributed by atoms with Crippen LogP contribution in [0.4, 0.5) is 0 Å². The zero-order valence-electron chi connectivity index (χ0n) is 12.6. The lowest BCUT2D eigenvalue weighted by Crippen LogP contribution is -2.10. The van der Waals surface area contributed by atoms with E-state index in [9.17, 15) is 16.8 Å². The predicted octanol–water partition coefficient (Wildman–Crippen LogP) is -0.506. The maximum Gasteiger partial charge on any atom is 0.413 e. The number of hydrogen-bond acceptors (Lipinski definition) is 8. The highest BCUT2D eigenvalue weighted by Crippen LogP contribution is 1.91. The highest BCUT2D eigenvalue weighted by molar-refractivity contribution is 7.94. The Morgan fingerprint density at radius 1 is 0.850 bits per heavy atom. The van der Waals surface area contributed by atoms with Crippen LogP contribution in [0.15, 0.2) is 0 Å². The minimum Gasteiger partial charge on any atom is -0.312 e. The van der Waals surface area contributed by atoms with Crippen molar-refractivity contribution in [1.29, 1.82) is 5.26 Å². The van der Waals surface area contributed by atoms with Crippen molar-refractivity contribution in [3.05, 3.63) is 0 Å². The van der Waals surface area contributed by atoms with Gasteiger partial charge in [-0.15, -0.1) is 3.63 Å². The van der Waals surface area contributed by atoms with Crippen molar-refractivity contribution in [1.82, 2.24) is 9.80 Å². The van der Waals surface area contributed by atoms with E-state index in [1.807, 2.05) is 52.1 Å². The topological polar surface area (TPSA) is 148 Å². The molecular formula is C8H23N3O7S2. The number of nitriles is 1. The Balaban J connectivity index is -0.0000000976. The number of rotatable bonds is 2. The van der Waals surface area contributed by atoms with Crippen LogP contribution in [0.1, 0.15) is 6.92 Å². The van der Waals surface area contributed by atoms with E-state index < -0.39 is 20.8 Å². The number of nitrogens with zero attached hydrogens (tertiary/aromatic N) is 3. The summed E-state index contributed by atoms with van der Waals surface area (Å²) in [5.74, 6) is 0. The average molecular weight is 337 g/mol. The molecule has 124 valence electrons. The van der Waals surface area contributed by atoms with Crippen LogP contribution in [0.5, 0.6) is 0 Å². The summed E-state index contributed by atoms with van der Waals surface area (Å²) in [7, 11) is 1.76. The van der Waals surface area contributed by atoms with Crippen LogP contribution in [0.25, 0.3) is 0 Å². The SMILES string of the molecule is CC#N.CN(C)C.CN(C)C.O=S(=O)(O)OS(=O)(=O)O. The van der Waals surface area contributed by atoms with Crippen molar-refractivity contribution in [3.8, 4) is 6.07 Å². The molecule has 0 atom stereocenters. The molecule has 2 N–H and O–H groups in total. The van der Waals surface area contributed by atoms with Crippen LogP contribution in [0.2, 0.25) is 0 Å². The van der Waals surface area contributed by atoms with E-state index in [-0.39, 0.29) is 0 Å². The summed E-state index contributed by atoms with van der Waals surface area (Å²) in [5.41, 5.74) is 0. The van der Waals surface area contributed by atoms with Crippen molar-refractivity contribution in [2.75, 3.05) is 42.3 Å². The first-order chi connectivity index (χ1) is 8.59. The van der Waals surface area contributed by atoms with Crippen LogP contribution < -0.4 is 0 Å². The first-order valence-corrected chi connectivity index (χ1v) is 7.50. The average Bonchev–Trinajstić information content (AvgIpc) is 1.93. The Bertz CT molecular complexity index is 396. The standard InChI is InChI=1S/2C3H9N.C2H3N.H2O7S2/c2*1-4(2)3;1-2-3;1-8(2,3)7-9(4,5)6/h2*1-3H3;1H3;(H,1,2,3)(H,4,5,6). The Morgan fingerprint density at radius 3 is 0.950 bits per heavy atom. The first kappa shape index (κ1) is 27.5. The van der Waals surface area contributed by atoms with Gasteiger partial charge in [0.1, 0.15) is 0 Å². The van der Waals surface area contributed by atoms with E-state index in [0.29, 0.717) is 0 Å². The van der Waals surface area contributed by atoms with Gasteiger partial charge < -0.3 is 9.80 Å². The Labute approximate surface area is 121 Å². The second-order valence-electron chi connectivity index (χ2n) is 3.83. The van der Waals surface area contributed by atoms with Crippen LogP contribution in [-0.2, 0) is 24.4 Å². The third-order valence-corrected chi connectivity index (χ3v) is 1.55. The molecule has 0 aliphatic heterocycles. The highest BCUT2D eigenvalue weighted by atomic mass is 32.3. The summed E-state index contributed by atoms with van der Waals surface area (Å²) in [4.78, 5) is 4.00. The van der Waals surface area contributed by atoms with Crippen molar-refractivity contribution in [2.45, 2.75) is 6.92 Å². The van der Waals surface area contributed by atoms with Crippen LogP contribution in [0.3, 0.4) is 0 Å². The molecule has 0 radical (unpaired) electrons. The van der Waals surface area contributed by atoms with Gasteiger partial charge in [0.05, 0.1) is 6.07 Å². The molecule has 0 spiro atoms. The molecule has 0 saturated heterocycles. The van der Waals surface area contributed by atoms with E-state index in [1.165, 1.54) is 6.92 Å². The minimum atomic E-state index is -5.12. The Kier molecular flexibility index (Phi) is 20.1. The van der Waals surface area contributed by atoms with E-state index in [2.05, 4.69) is 3.63 Å². The zero-order chi connectivity index (χ0) is 17.6. The summed E-state index contributed by atoms with van der Waals surface area (Å²) in [5, 5.41) is 7.32. The van der Waals surface area contributed by atoms with E-state index in [0.717, 1.165) is 0 Å². The summed E-state index contributed by atoms with van der Waals surface area (Å²) >= 11 is 0. The first-order valence-electron chi connectivity index (χ1n) is 4.77. The quantitative estimate of drug-likeness (QED) is 0.631. The third kappa shape index (κ3) is 167. The van der Waals surface area contributed by atoms with E-state index >= 15 is 0 Å². The predicted molar refractivity (Wildman–Crippen MR) is 74.7 cm³/mol. The van der Waals surface area contributed by atoms with Crippen LogP contribution in [-0.4, -0.2) is 78.0 Å². The van der Waals surface area contributed by atoms with Gasteiger partial charge in [0.15, 0.2) is 0 Å². The second kappa shape index (κ2) is 14.6.